The molecular weight excluding hydrogens is 373 g/mol. The van der Waals surface area contributed by atoms with Crippen molar-refractivity contribution in [2.45, 2.75) is 27.4 Å². The van der Waals surface area contributed by atoms with Crippen molar-refractivity contribution in [2.75, 3.05) is 13.6 Å². The SMILES string of the molecule is CCN(C)/C=N/c1cc(Br)c(OCc2cccc(F)c2C)nc1C. The molecule has 1 heterocycles. The molecule has 2 rings (SSSR count). The summed E-state index contributed by atoms with van der Waals surface area (Å²) in [5, 5.41) is 0. The second-order valence-electron chi connectivity index (χ2n) is 5.51. The summed E-state index contributed by atoms with van der Waals surface area (Å²) in [5.74, 6) is 0.239. The maximum absolute atomic E-state index is 13.6. The summed E-state index contributed by atoms with van der Waals surface area (Å²) in [6.45, 7) is 6.81. The van der Waals surface area contributed by atoms with Gasteiger partial charge in [-0.15, -0.1) is 0 Å². The van der Waals surface area contributed by atoms with Crippen molar-refractivity contribution < 1.29 is 9.13 Å². The molecular formula is C18H21BrFN3O. The van der Waals surface area contributed by atoms with Gasteiger partial charge in [-0.25, -0.2) is 14.4 Å². The molecule has 0 radical (unpaired) electrons. The first-order valence-electron chi connectivity index (χ1n) is 7.70. The monoisotopic (exact) mass is 393 g/mol. The second kappa shape index (κ2) is 8.24. The van der Waals surface area contributed by atoms with Crippen LogP contribution >= 0.6 is 15.9 Å². The summed E-state index contributed by atoms with van der Waals surface area (Å²) < 4.78 is 20.1. The van der Waals surface area contributed by atoms with Crippen molar-refractivity contribution in [1.82, 2.24) is 9.88 Å². The molecule has 0 spiro atoms. The van der Waals surface area contributed by atoms with Crippen LogP contribution in [-0.4, -0.2) is 29.8 Å². The van der Waals surface area contributed by atoms with Crippen LogP contribution in [0.25, 0.3) is 0 Å². The zero-order valence-electron chi connectivity index (χ0n) is 14.3. The first-order chi connectivity index (χ1) is 11.4. The number of hydrogen-bond acceptors (Lipinski definition) is 3. The van der Waals surface area contributed by atoms with E-state index in [-0.39, 0.29) is 12.4 Å². The van der Waals surface area contributed by atoms with Gasteiger partial charge in [0, 0.05) is 13.6 Å². The second-order valence-corrected chi connectivity index (χ2v) is 6.36. The van der Waals surface area contributed by atoms with Crippen LogP contribution in [0, 0.1) is 19.7 Å². The van der Waals surface area contributed by atoms with Gasteiger partial charge < -0.3 is 9.64 Å². The maximum Gasteiger partial charge on any atom is 0.228 e. The lowest BCUT2D eigenvalue weighted by Gasteiger charge is -2.12. The zero-order chi connectivity index (χ0) is 17.7. The van der Waals surface area contributed by atoms with E-state index in [4.69, 9.17) is 4.74 Å². The largest absolute Gasteiger partial charge is 0.472 e. The lowest BCUT2D eigenvalue weighted by Crippen LogP contribution is -2.14. The minimum Gasteiger partial charge on any atom is -0.472 e. The van der Waals surface area contributed by atoms with Crippen LogP contribution in [-0.2, 0) is 6.61 Å². The average molecular weight is 394 g/mol. The molecule has 4 nitrogen and oxygen atoms in total. The highest BCUT2D eigenvalue weighted by atomic mass is 79.9. The van der Waals surface area contributed by atoms with Gasteiger partial charge >= 0.3 is 0 Å². The summed E-state index contributed by atoms with van der Waals surface area (Å²) in [6.07, 6.45) is 1.77. The van der Waals surface area contributed by atoms with Crippen LogP contribution in [0.15, 0.2) is 33.7 Å². The summed E-state index contributed by atoms with van der Waals surface area (Å²) in [7, 11) is 1.96. The van der Waals surface area contributed by atoms with E-state index >= 15 is 0 Å². The molecule has 0 unspecified atom stereocenters. The van der Waals surface area contributed by atoms with E-state index in [2.05, 4.69) is 32.8 Å². The predicted molar refractivity (Wildman–Crippen MR) is 98.6 cm³/mol. The highest BCUT2D eigenvalue weighted by Crippen LogP contribution is 2.30. The van der Waals surface area contributed by atoms with Crippen molar-refractivity contribution in [3.8, 4) is 5.88 Å². The molecule has 0 N–H and O–H groups in total. The van der Waals surface area contributed by atoms with E-state index in [0.29, 0.717) is 15.9 Å². The molecule has 2 aromatic rings. The number of aryl methyl sites for hydroxylation is 1. The number of nitrogens with zero attached hydrogens (tertiary/aromatic N) is 3. The van der Waals surface area contributed by atoms with E-state index in [1.54, 1.807) is 19.3 Å². The summed E-state index contributed by atoms with van der Waals surface area (Å²) in [5.41, 5.74) is 2.93. The van der Waals surface area contributed by atoms with Crippen molar-refractivity contribution in [2.24, 2.45) is 4.99 Å². The molecule has 1 aromatic carbocycles. The standard InChI is InChI=1S/C18H21BrFN3O/c1-5-23(4)11-21-17-9-15(19)18(22-13(17)3)24-10-14-7-6-8-16(20)12(14)2/h6-9,11H,5,10H2,1-4H3/b21-11+. The fourth-order valence-electron chi connectivity index (χ4n) is 1.98. The van der Waals surface area contributed by atoms with Gasteiger partial charge in [0.15, 0.2) is 0 Å². The Labute approximate surface area is 150 Å². The number of hydrogen-bond donors (Lipinski definition) is 0. The smallest absolute Gasteiger partial charge is 0.228 e. The van der Waals surface area contributed by atoms with Gasteiger partial charge in [0.25, 0.3) is 0 Å². The maximum atomic E-state index is 13.6. The van der Waals surface area contributed by atoms with Crippen LogP contribution in [0.5, 0.6) is 5.88 Å². The van der Waals surface area contributed by atoms with Crippen LogP contribution in [0.2, 0.25) is 0 Å². The van der Waals surface area contributed by atoms with E-state index in [0.717, 1.165) is 23.5 Å². The predicted octanol–water partition coefficient (Wildman–Crippen LogP) is 4.79. The van der Waals surface area contributed by atoms with Gasteiger partial charge in [-0.2, -0.15) is 0 Å². The number of aliphatic imine (C=N–C) groups is 1. The number of ether oxygens (including phenoxy) is 1. The van der Waals surface area contributed by atoms with Gasteiger partial charge in [0.1, 0.15) is 12.4 Å². The molecule has 1 aromatic heterocycles. The van der Waals surface area contributed by atoms with Gasteiger partial charge in [0.05, 0.1) is 22.2 Å². The molecule has 0 saturated carbocycles. The number of rotatable bonds is 6. The third-order valence-electron chi connectivity index (χ3n) is 3.74. The van der Waals surface area contributed by atoms with Crippen molar-refractivity contribution in [3.05, 3.63) is 51.4 Å². The Kier molecular flexibility index (Phi) is 6.31. The molecule has 0 bridgehead atoms. The van der Waals surface area contributed by atoms with Crippen LogP contribution < -0.4 is 4.74 Å². The highest BCUT2D eigenvalue weighted by molar-refractivity contribution is 9.10. The molecule has 0 saturated heterocycles. The Morgan fingerprint density at radius 3 is 2.83 bits per heavy atom. The van der Waals surface area contributed by atoms with Gasteiger partial charge in [-0.05, 0) is 60.0 Å². The Balaban J connectivity index is 2.16. The summed E-state index contributed by atoms with van der Waals surface area (Å²) >= 11 is 3.46. The van der Waals surface area contributed by atoms with Crippen molar-refractivity contribution >= 4 is 28.0 Å². The number of pyridine rings is 1. The Hall–Kier alpha value is -1.95. The van der Waals surface area contributed by atoms with Gasteiger partial charge in [0.2, 0.25) is 5.88 Å². The molecule has 0 aliphatic rings. The summed E-state index contributed by atoms with van der Waals surface area (Å²) in [4.78, 5) is 10.9. The third-order valence-corrected chi connectivity index (χ3v) is 4.31. The minimum atomic E-state index is -0.232. The topological polar surface area (TPSA) is 37.7 Å². The molecule has 24 heavy (non-hydrogen) atoms. The van der Waals surface area contributed by atoms with Crippen LogP contribution in [0.1, 0.15) is 23.7 Å². The lowest BCUT2D eigenvalue weighted by atomic mass is 10.1. The average Bonchev–Trinajstić information content (AvgIpc) is 2.57. The van der Waals surface area contributed by atoms with E-state index in [9.17, 15) is 4.39 Å². The van der Waals surface area contributed by atoms with Crippen molar-refractivity contribution in [3.63, 3.8) is 0 Å². The molecule has 0 aliphatic carbocycles. The minimum absolute atomic E-state index is 0.232. The number of benzene rings is 1. The van der Waals surface area contributed by atoms with E-state index in [1.807, 2.05) is 31.0 Å². The Morgan fingerprint density at radius 1 is 1.38 bits per heavy atom. The molecule has 6 heteroatoms. The quantitative estimate of drug-likeness (QED) is 0.522. The normalized spacial score (nSPS) is 11.1. The van der Waals surface area contributed by atoms with Crippen LogP contribution in [0.3, 0.4) is 0 Å². The van der Waals surface area contributed by atoms with E-state index in [1.165, 1.54) is 6.07 Å². The lowest BCUT2D eigenvalue weighted by molar-refractivity contribution is 0.290. The Bertz CT molecular complexity index is 749. The molecule has 0 atom stereocenters. The fourth-order valence-corrected chi connectivity index (χ4v) is 2.40. The summed E-state index contributed by atoms with van der Waals surface area (Å²) in [6, 6.07) is 6.84. The third kappa shape index (κ3) is 4.54. The molecule has 0 aliphatic heterocycles. The molecule has 0 amide bonds. The van der Waals surface area contributed by atoms with Crippen LogP contribution in [0.4, 0.5) is 10.1 Å². The van der Waals surface area contributed by atoms with Crippen molar-refractivity contribution in [1.29, 1.82) is 0 Å². The first-order valence-corrected chi connectivity index (χ1v) is 8.50. The van der Waals surface area contributed by atoms with E-state index < -0.39 is 0 Å². The van der Waals surface area contributed by atoms with Gasteiger partial charge in [-0.3, -0.25) is 0 Å². The fraction of sp³-hybridized carbons (Fsp3) is 0.333. The molecule has 0 fully saturated rings. The highest BCUT2D eigenvalue weighted by Gasteiger charge is 2.10. The van der Waals surface area contributed by atoms with Gasteiger partial charge in [-0.1, -0.05) is 12.1 Å². The zero-order valence-corrected chi connectivity index (χ0v) is 15.9. The first kappa shape index (κ1) is 18.4. The molecule has 128 valence electrons. The number of aromatic nitrogens is 1. The number of halogens is 2. The Morgan fingerprint density at radius 2 is 2.12 bits per heavy atom.